The van der Waals surface area contributed by atoms with Crippen molar-refractivity contribution in [1.29, 1.82) is 5.26 Å². The van der Waals surface area contributed by atoms with Crippen LogP contribution >= 0.6 is 22.9 Å². The zero-order valence-corrected chi connectivity index (χ0v) is 21.1. The minimum absolute atomic E-state index is 0.101. The SMILES string of the molecule is N#C/C(=C\c1c2ccccc2cc2ccccc12)C(=O)Nc1ncc(Cc2ccc(Cl)c(C(F)(F)F)c2)s1. The van der Waals surface area contributed by atoms with Crippen LogP contribution < -0.4 is 5.32 Å². The van der Waals surface area contributed by atoms with Crippen LogP contribution in [0, 0.1) is 11.3 Å². The van der Waals surface area contributed by atoms with Crippen LogP contribution in [0.3, 0.4) is 0 Å². The summed E-state index contributed by atoms with van der Waals surface area (Å²) in [6, 6.07) is 23.2. The summed E-state index contributed by atoms with van der Waals surface area (Å²) in [5.74, 6) is -0.628. The molecule has 1 heterocycles. The first kappa shape index (κ1) is 25.5. The molecule has 0 aliphatic rings. The number of carbonyl (C=O) groups excluding carboxylic acids is 1. The lowest BCUT2D eigenvalue weighted by Gasteiger charge is -2.10. The zero-order chi connectivity index (χ0) is 26.9. The molecule has 0 radical (unpaired) electrons. The summed E-state index contributed by atoms with van der Waals surface area (Å²) in [6.07, 6.45) is -1.33. The fourth-order valence-corrected chi connectivity index (χ4v) is 5.28. The van der Waals surface area contributed by atoms with Crippen LogP contribution in [0.25, 0.3) is 27.6 Å². The molecule has 5 rings (SSSR count). The summed E-state index contributed by atoms with van der Waals surface area (Å²) in [7, 11) is 0. The summed E-state index contributed by atoms with van der Waals surface area (Å²) < 4.78 is 39.5. The number of aromatic nitrogens is 1. The lowest BCUT2D eigenvalue weighted by molar-refractivity contribution is -0.137. The second-order valence-corrected chi connectivity index (χ2v) is 10.00. The Bertz CT molecular complexity index is 1720. The van der Waals surface area contributed by atoms with E-state index in [0.29, 0.717) is 10.4 Å². The van der Waals surface area contributed by atoms with Gasteiger partial charge in [0, 0.05) is 17.5 Å². The molecule has 0 saturated carbocycles. The standard InChI is InChI=1S/C29H17ClF3N3OS/c30-26-10-9-17(12-25(26)29(31,32)33)11-21-16-35-28(38-21)36-27(37)20(15-34)14-24-22-7-3-1-5-18(22)13-19-6-2-4-8-23(19)24/h1-10,12-14,16H,11H2,(H,35,36,37)/b20-14+. The van der Waals surface area contributed by atoms with Crippen molar-refractivity contribution < 1.29 is 18.0 Å². The largest absolute Gasteiger partial charge is 0.417 e. The third-order valence-corrected chi connectivity index (χ3v) is 7.20. The zero-order valence-electron chi connectivity index (χ0n) is 19.5. The molecular formula is C29H17ClF3N3OS. The number of nitriles is 1. The lowest BCUT2D eigenvalue weighted by atomic mass is 9.95. The van der Waals surface area contributed by atoms with Crippen molar-refractivity contribution in [3.63, 3.8) is 0 Å². The van der Waals surface area contributed by atoms with Gasteiger partial charge in [0.2, 0.25) is 0 Å². The van der Waals surface area contributed by atoms with Gasteiger partial charge in [-0.1, -0.05) is 66.2 Å². The molecule has 0 fully saturated rings. The van der Waals surface area contributed by atoms with E-state index in [4.69, 9.17) is 11.6 Å². The van der Waals surface area contributed by atoms with E-state index in [1.807, 2.05) is 54.6 Å². The number of nitrogens with zero attached hydrogens (tertiary/aromatic N) is 2. The molecule has 9 heteroatoms. The number of halogens is 4. The molecule has 4 nitrogen and oxygen atoms in total. The van der Waals surface area contributed by atoms with E-state index in [1.165, 1.54) is 18.3 Å². The van der Waals surface area contributed by atoms with Gasteiger partial charge in [-0.2, -0.15) is 18.4 Å². The number of rotatable bonds is 5. The molecular weight excluding hydrogens is 531 g/mol. The molecule has 0 bridgehead atoms. The Morgan fingerprint density at radius 2 is 1.68 bits per heavy atom. The van der Waals surface area contributed by atoms with Gasteiger partial charge < -0.3 is 0 Å². The number of hydrogen-bond acceptors (Lipinski definition) is 4. The average molecular weight is 548 g/mol. The predicted molar refractivity (Wildman–Crippen MR) is 145 cm³/mol. The average Bonchev–Trinajstić information content (AvgIpc) is 3.33. The first-order valence-corrected chi connectivity index (χ1v) is 12.6. The fraction of sp³-hybridized carbons (Fsp3) is 0.0690. The number of thiazole rings is 1. The highest BCUT2D eigenvalue weighted by Crippen LogP contribution is 2.36. The number of amides is 1. The maximum absolute atomic E-state index is 13.2. The van der Waals surface area contributed by atoms with Crippen LogP contribution in [0.5, 0.6) is 0 Å². The first-order chi connectivity index (χ1) is 18.2. The Labute approximate surface area is 224 Å². The number of fused-ring (bicyclic) bond motifs is 2. The molecule has 1 amide bonds. The second kappa shape index (κ2) is 10.3. The summed E-state index contributed by atoms with van der Waals surface area (Å²) in [5.41, 5.74) is 0.160. The minimum Gasteiger partial charge on any atom is -0.297 e. The molecule has 0 unspecified atom stereocenters. The van der Waals surface area contributed by atoms with Crippen molar-refractivity contribution in [1.82, 2.24) is 4.98 Å². The van der Waals surface area contributed by atoms with Crippen LogP contribution in [0.15, 0.2) is 84.6 Å². The van der Waals surface area contributed by atoms with Gasteiger partial charge in [-0.3, -0.25) is 10.1 Å². The van der Waals surface area contributed by atoms with Crippen LogP contribution in [0.2, 0.25) is 5.02 Å². The summed E-state index contributed by atoms with van der Waals surface area (Å²) in [4.78, 5) is 17.8. The molecule has 188 valence electrons. The van der Waals surface area contributed by atoms with E-state index in [2.05, 4.69) is 16.4 Å². The van der Waals surface area contributed by atoms with Gasteiger partial charge in [0.15, 0.2) is 5.13 Å². The maximum Gasteiger partial charge on any atom is 0.417 e. The van der Waals surface area contributed by atoms with Gasteiger partial charge in [0.05, 0.1) is 10.6 Å². The highest BCUT2D eigenvalue weighted by atomic mass is 35.5. The van der Waals surface area contributed by atoms with E-state index in [1.54, 1.807) is 6.08 Å². The van der Waals surface area contributed by atoms with Crippen molar-refractivity contribution in [2.24, 2.45) is 0 Å². The predicted octanol–water partition coefficient (Wildman–Crippen LogP) is 8.26. The van der Waals surface area contributed by atoms with Crippen molar-refractivity contribution in [2.45, 2.75) is 12.6 Å². The molecule has 0 spiro atoms. The Hall–Kier alpha value is -4.19. The van der Waals surface area contributed by atoms with Gasteiger partial charge in [-0.15, -0.1) is 11.3 Å². The van der Waals surface area contributed by atoms with E-state index in [0.717, 1.165) is 44.5 Å². The van der Waals surface area contributed by atoms with E-state index < -0.39 is 17.6 Å². The third-order valence-electron chi connectivity index (χ3n) is 5.96. The number of benzene rings is 4. The molecule has 1 aromatic heterocycles. The fourth-order valence-electron chi connectivity index (χ4n) is 4.21. The number of alkyl halides is 3. The highest BCUT2D eigenvalue weighted by Gasteiger charge is 2.33. The van der Waals surface area contributed by atoms with Gasteiger partial charge >= 0.3 is 6.18 Å². The third kappa shape index (κ3) is 5.25. The van der Waals surface area contributed by atoms with Crippen molar-refractivity contribution >= 4 is 61.6 Å². The Kier molecular flexibility index (Phi) is 6.89. The number of nitrogens with one attached hydrogen (secondary N) is 1. The van der Waals surface area contributed by atoms with E-state index in [9.17, 15) is 23.2 Å². The van der Waals surface area contributed by atoms with E-state index >= 15 is 0 Å². The topological polar surface area (TPSA) is 65.8 Å². The summed E-state index contributed by atoms with van der Waals surface area (Å²) >= 11 is 6.82. The Balaban J connectivity index is 1.41. The molecule has 4 aromatic carbocycles. The summed E-state index contributed by atoms with van der Waals surface area (Å²) in [5, 5.41) is 16.1. The molecule has 0 atom stereocenters. The van der Waals surface area contributed by atoms with Gasteiger partial charge in [0.1, 0.15) is 11.6 Å². The monoisotopic (exact) mass is 547 g/mol. The highest BCUT2D eigenvalue weighted by molar-refractivity contribution is 7.15. The second-order valence-electron chi connectivity index (χ2n) is 8.48. The van der Waals surface area contributed by atoms with Gasteiger partial charge in [0.25, 0.3) is 5.91 Å². The number of anilines is 1. The van der Waals surface area contributed by atoms with Crippen LogP contribution in [0.1, 0.15) is 21.6 Å². The van der Waals surface area contributed by atoms with Crippen LogP contribution in [0.4, 0.5) is 18.3 Å². The lowest BCUT2D eigenvalue weighted by Crippen LogP contribution is -2.13. The van der Waals surface area contributed by atoms with Crippen LogP contribution in [-0.4, -0.2) is 10.9 Å². The van der Waals surface area contributed by atoms with Gasteiger partial charge in [-0.25, -0.2) is 4.98 Å². The molecule has 0 saturated heterocycles. The van der Waals surface area contributed by atoms with Crippen molar-refractivity contribution in [2.75, 3.05) is 5.32 Å². The number of hydrogen-bond donors (Lipinski definition) is 1. The Morgan fingerprint density at radius 3 is 2.32 bits per heavy atom. The normalized spacial score (nSPS) is 12.0. The smallest absolute Gasteiger partial charge is 0.297 e. The van der Waals surface area contributed by atoms with Crippen LogP contribution in [-0.2, 0) is 17.4 Å². The molecule has 38 heavy (non-hydrogen) atoms. The first-order valence-electron chi connectivity index (χ1n) is 11.4. The number of carbonyl (C=O) groups is 1. The van der Waals surface area contributed by atoms with E-state index in [-0.39, 0.29) is 22.1 Å². The molecule has 5 aromatic rings. The minimum atomic E-state index is -4.56. The summed E-state index contributed by atoms with van der Waals surface area (Å²) in [6.45, 7) is 0. The Morgan fingerprint density at radius 1 is 1.03 bits per heavy atom. The molecule has 1 N–H and O–H groups in total. The van der Waals surface area contributed by atoms with Crippen molar-refractivity contribution in [3.05, 3.63) is 111 Å². The molecule has 0 aliphatic heterocycles. The maximum atomic E-state index is 13.2. The molecule has 0 aliphatic carbocycles. The van der Waals surface area contributed by atoms with Gasteiger partial charge in [-0.05, 0) is 56.9 Å². The quantitative estimate of drug-likeness (QED) is 0.137. The van der Waals surface area contributed by atoms with Crippen molar-refractivity contribution in [3.8, 4) is 6.07 Å².